The van der Waals surface area contributed by atoms with E-state index in [2.05, 4.69) is 31.2 Å². The summed E-state index contributed by atoms with van der Waals surface area (Å²) in [6.45, 7) is 0. The van der Waals surface area contributed by atoms with Crippen molar-refractivity contribution in [3.8, 4) is 0 Å². The fraction of sp³-hybridized carbons (Fsp3) is 0. The average Bonchev–Trinajstić information content (AvgIpc) is 2.36. The molecule has 1 heterocycles. The van der Waals surface area contributed by atoms with E-state index in [1.165, 1.54) is 18.3 Å². The van der Waals surface area contributed by atoms with E-state index >= 15 is 0 Å². The van der Waals surface area contributed by atoms with Crippen molar-refractivity contribution >= 4 is 44.7 Å². The highest BCUT2D eigenvalue weighted by Crippen LogP contribution is 2.29. The zero-order valence-electron chi connectivity index (χ0n) is 9.10. The number of rotatable bonds is 3. The number of aromatic nitrogens is 2. The Bertz CT molecular complexity index is 655. The molecular weight excluding hydrogens is 342 g/mol. The minimum absolute atomic E-state index is 0.0310. The predicted octanol–water partition coefficient (Wildman–Crippen LogP) is 3.68. The standard InChI is InChI=1S/C10H5BrClFN4O2/c11-5-4-14-10(12)16-9(5)15-6-2-1-3-7(8(6)13)17(18)19/h1-4H,(H,14,15,16). The van der Waals surface area contributed by atoms with E-state index in [-0.39, 0.29) is 16.8 Å². The Morgan fingerprint density at radius 3 is 2.89 bits per heavy atom. The molecule has 6 nitrogen and oxygen atoms in total. The first-order chi connectivity index (χ1) is 8.99. The minimum atomic E-state index is -0.978. The van der Waals surface area contributed by atoms with Crippen LogP contribution in [0, 0.1) is 15.9 Å². The topological polar surface area (TPSA) is 81.0 Å². The molecule has 1 N–H and O–H groups in total. The second-order valence-electron chi connectivity index (χ2n) is 3.36. The van der Waals surface area contributed by atoms with Crippen LogP contribution in [0.25, 0.3) is 0 Å². The van der Waals surface area contributed by atoms with E-state index in [4.69, 9.17) is 11.6 Å². The van der Waals surface area contributed by atoms with Crippen molar-refractivity contribution < 1.29 is 9.31 Å². The number of nitro groups is 1. The minimum Gasteiger partial charge on any atom is -0.337 e. The fourth-order valence-electron chi connectivity index (χ4n) is 1.32. The van der Waals surface area contributed by atoms with Crippen LogP contribution in [0.3, 0.4) is 0 Å². The van der Waals surface area contributed by atoms with Crippen LogP contribution >= 0.6 is 27.5 Å². The van der Waals surface area contributed by atoms with E-state index in [9.17, 15) is 14.5 Å². The summed E-state index contributed by atoms with van der Waals surface area (Å²) in [5.74, 6) is -0.770. The third-order valence-corrected chi connectivity index (χ3v) is 2.91. The highest BCUT2D eigenvalue weighted by molar-refractivity contribution is 9.10. The summed E-state index contributed by atoms with van der Waals surface area (Å²) in [5, 5.41) is 13.2. The van der Waals surface area contributed by atoms with Crippen LogP contribution in [-0.2, 0) is 0 Å². The van der Waals surface area contributed by atoms with Gasteiger partial charge in [-0.2, -0.15) is 9.37 Å². The Morgan fingerprint density at radius 1 is 1.47 bits per heavy atom. The maximum absolute atomic E-state index is 13.8. The van der Waals surface area contributed by atoms with Gasteiger partial charge < -0.3 is 5.32 Å². The molecule has 0 amide bonds. The zero-order valence-corrected chi connectivity index (χ0v) is 11.4. The van der Waals surface area contributed by atoms with Gasteiger partial charge in [0.25, 0.3) is 0 Å². The first-order valence-electron chi connectivity index (χ1n) is 4.87. The lowest BCUT2D eigenvalue weighted by atomic mass is 10.2. The molecule has 0 radical (unpaired) electrons. The van der Waals surface area contributed by atoms with Crippen LogP contribution < -0.4 is 5.32 Å². The van der Waals surface area contributed by atoms with E-state index in [1.54, 1.807) is 0 Å². The van der Waals surface area contributed by atoms with Gasteiger partial charge in [-0.15, -0.1) is 0 Å². The third kappa shape index (κ3) is 2.96. The molecule has 0 aliphatic rings. The van der Waals surface area contributed by atoms with Crippen LogP contribution in [0.4, 0.5) is 21.6 Å². The van der Waals surface area contributed by atoms with Gasteiger partial charge in [0.05, 0.1) is 15.1 Å². The molecule has 1 aromatic heterocycles. The van der Waals surface area contributed by atoms with E-state index in [0.29, 0.717) is 4.47 Å². The lowest BCUT2D eigenvalue weighted by molar-refractivity contribution is -0.387. The maximum atomic E-state index is 13.8. The van der Waals surface area contributed by atoms with Crippen molar-refractivity contribution in [2.24, 2.45) is 0 Å². The van der Waals surface area contributed by atoms with Crippen molar-refractivity contribution in [2.75, 3.05) is 5.32 Å². The molecule has 1 aromatic carbocycles. The lowest BCUT2D eigenvalue weighted by Crippen LogP contribution is -2.01. The van der Waals surface area contributed by atoms with Crippen molar-refractivity contribution in [3.05, 3.63) is 50.1 Å². The number of nitrogens with one attached hydrogen (secondary N) is 1. The van der Waals surface area contributed by atoms with Gasteiger partial charge in [-0.25, -0.2) is 4.98 Å². The van der Waals surface area contributed by atoms with Gasteiger partial charge in [0.15, 0.2) is 0 Å². The zero-order chi connectivity index (χ0) is 14.0. The van der Waals surface area contributed by atoms with E-state index in [0.717, 1.165) is 6.07 Å². The molecule has 0 saturated carbocycles. The first kappa shape index (κ1) is 13.6. The number of hydrogen-bond donors (Lipinski definition) is 1. The average molecular weight is 348 g/mol. The van der Waals surface area contributed by atoms with E-state index < -0.39 is 16.4 Å². The van der Waals surface area contributed by atoms with Crippen LogP contribution in [-0.4, -0.2) is 14.9 Å². The Balaban J connectivity index is 2.41. The van der Waals surface area contributed by atoms with Crippen LogP contribution in [0.2, 0.25) is 5.28 Å². The van der Waals surface area contributed by atoms with Crippen LogP contribution in [0.5, 0.6) is 0 Å². The van der Waals surface area contributed by atoms with Gasteiger partial charge in [0.2, 0.25) is 11.1 Å². The second-order valence-corrected chi connectivity index (χ2v) is 4.55. The summed E-state index contributed by atoms with van der Waals surface area (Å²) in [4.78, 5) is 17.4. The second kappa shape index (κ2) is 5.45. The molecular formula is C10H5BrClFN4O2. The van der Waals surface area contributed by atoms with Crippen LogP contribution in [0.1, 0.15) is 0 Å². The summed E-state index contributed by atoms with van der Waals surface area (Å²) in [6, 6.07) is 3.79. The largest absolute Gasteiger partial charge is 0.337 e. The van der Waals surface area contributed by atoms with Crippen molar-refractivity contribution in [2.45, 2.75) is 0 Å². The van der Waals surface area contributed by atoms with Gasteiger partial charge in [-0.1, -0.05) is 6.07 Å². The summed E-state index contributed by atoms with van der Waals surface area (Å²) in [5.41, 5.74) is -0.703. The molecule has 0 fully saturated rings. The molecule has 0 spiro atoms. The molecule has 0 aliphatic carbocycles. The van der Waals surface area contributed by atoms with Gasteiger partial charge in [0.1, 0.15) is 5.82 Å². The molecule has 2 aromatic rings. The summed E-state index contributed by atoms with van der Waals surface area (Å²) < 4.78 is 14.3. The molecule has 2 rings (SSSR count). The number of anilines is 2. The Kier molecular flexibility index (Phi) is 3.91. The number of benzene rings is 1. The van der Waals surface area contributed by atoms with Crippen LogP contribution in [0.15, 0.2) is 28.9 Å². The molecule has 19 heavy (non-hydrogen) atoms. The molecule has 0 saturated heterocycles. The molecule has 0 unspecified atom stereocenters. The summed E-state index contributed by atoms with van der Waals surface area (Å²) >= 11 is 8.78. The molecule has 0 atom stereocenters. The van der Waals surface area contributed by atoms with E-state index in [1.807, 2.05) is 0 Å². The normalized spacial score (nSPS) is 10.3. The quantitative estimate of drug-likeness (QED) is 0.520. The third-order valence-electron chi connectivity index (χ3n) is 2.14. The predicted molar refractivity (Wildman–Crippen MR) is 71.1 cm³/mol. The number of hydrogen-bond acceptors (Lipinski definition) is 5. The van der Waals surface area contributed by atoms with Gasteiger partial charge >= 0.3 is 5.69 Å². The lowest BCUT2D eigenvalue weighted by Gasteiger charge is -2.08. The smallest absolute Gasteiger partial charge is 0.306 e. The highest BCUT2D eigenvalue weighted by atomic mass is 79.9. The number of nitrogens with zero attached hydrogens (tertiary/aromatic N) is 3. The highest BCUT2D eigenvalue weighted by Gasteiger charge is 2.18. The number of halogens is 3. The van der Waals surface area contributed by atoms with Crippen molar-refractivity contribution in [3.63, 3.8) is 0 Å². The summed E-state index contributed by atoms with van der Waals surface area (Å²) in [7, 11) is 0. The fourth-order valence-corrected chi connectivity index (χ4v) is 1.74. The maximum Gasteiger partial charge on any atom is 0.306 e. The number of nitro benzene ring substituents is 1. The first-order valence-corrected chi connectivity index (χ1v) is 6.04. The molecule has 0 bridgehead atoms. The summed E-state index contributed by atoms with van der Waals surface area (Å²) in [6.07, 6.45) is 1.38. The SMILES string of the molecule is O=[N+]([O-])c1cccc(Nc2nc(Cl)ncc2Br)c1F. The molecule has 9 heteroatoms. The van der Waals surface area contributed by atoms with Crippen molar-refractivity contribution in [1.82, 2.24) is 9.97 Å². The van der Waals surface area contributed by atoms with Gasteiger partial charge in [-0.3, -0.25) is 10.1 Å². The molecule has 98 valence electrons. The molecule has 0 aliphatic heterocycles. The van der Waals surface area contributed by atoms with Gasteiger partial charge in [-0.05, 0) is 33.6 Å². The Morgan fingerprint density at radius 2 is 2.21 bits per heavy atom. The van der Waals surface area contributed by atoms with Gasteiger partial charge in [0, 0.05) is 12.3 Å². The van der Waals surface area contributed by atoms with Crippen molar-refractivity contribution in [1.29, 1.82) is 0 Å². The Labute approximate surface area is 119 Å². The monoisotopic (exact) mass is 346 g/mol. The Hall–Kier alpha value is -1.80.